The Hall–Kier alpha value is -1.86. The smallest absolute Gasteiger partial charge is 0.139 e. The van der Waals surface area contributed by atoms with Gasteiger partial charge in [0.2, 0.25) is 0 Å². The number of halogens is 2. The number of piperidine rings is 1. The Balaban J connectivity index is 1.22. The third kappa shape index (κ3) is 5.85. The Bertz CT molecular complexity index is 885. The van der Waals surface area contributed by atoms with Gasteiger partial charge in [0.05, 0.1) is 5.56 Å². The summed E-state index contributed by atoms with van der Waals surface area (Å²) in [7, 11) is 0. The van der Waals surface area contributed by atoms with Crippen molar-refractivity contribution in [3.05, 3.63) is 70.0 Å². The third-order valence-electron chi connectivity index (χ3n) is 6.34. The van der Waals surface area contributed by atoms with Crippen molar-refractivity contribution in [3.8, 4) is 11.8 Å². The van der Waals surface area contributed by atoms with Gasteiger partial charge in [-0.25, -0.2) is 4.39 Å². The maximum Gasteiger partial charge on any atom is 0.139 e. The monoisotopic (exact) mass is 424 g/mol. The van der Waals surface area contributed by atoms with Crippen LogP contribution in [0.3, 0.4) is 0 Å². The first-order chi connectivity index (χ1) is 14.7. The molecule has 0 N–H and O–H groups in total. The van der Waals surface area contributed by atoms with E-state index in [9.17, 15) is 4.39 Å². The van der Waals surface area contributed by atoms with Gasteiger partial charge in [-0.05, 0) is 93.2 Å². The fourth-order valence-corrected chi connectivity index (χ4v) is 4.68. The van der Waals surface area contributed by atoms with Crippen molar-refractivity contribution >= 4 is 11.6 Å². The Labute approximate surface area is 185 Å². The van der Waals surface area contributed by atoms with Gasteiger partial charge in [0.1, 0.15) is 5.82 Å². The lowest BCUT2D eigenvalue weighted by atomic mass is 9.89. The molecular weight excluding hydrogens is 395 g/mol. The molecule has 2 aliphatic rings. The first kappa shape index (κ1) is 21.4. The molecule has 0 aromatic heterocycles. The molecule has 0 bridgehead atoms. The number of benzene rings is 2. The van der Waals surface area contributed by atoms with E-state index in [0.717, 1.165) is 56.3 Å². The summed E-state index contributed by atoms with van der Waals surface area (Å²) in [6.45, 7) is 6.23. The second-order valence-electron chi connectivity index (χ2n) is 8.52. The molecule has 0 aliphatic carbocycles. The zero-order valence-electron chi connectivity index (χ0n) is 17.5. The summed E-state index contributed by atoms with van der Waals surface area (Å²) in [6.07, 6.45) is 5.63. The van der Waals surface area contributed by atoms with Crippen LogP contribution in [0.15, 0.2) is 42.5 Å². The van der Waals surface area contributed by atoms with E-state index in [1.807, 2.05) is 24.3 Å². The van der Waals surface area contributed by atoms with E-state index < -0.39 is 0 Å². The van der Waals surface area contributed by atoms with Crippen LogP contribution in [0.25, 0.3) is 0 Å². The van der Waals surface area contributed by atoms with Crippen molar-refractivity contribution < 1.29 is 4.39 Å². The summed E-state index contributed by atoms with van der Waals surface area (Å²) in [5.41, 5.74) is 2.95. The lowest BCUT2D eigenvalue weighted by Crippen LogP contribution is -2.33. The first-order valence-corrected chi connectivity index (χ1v) is 11.5. The van der Waals surface area contributed by atoms with Gasteiger partial charge in [0.25, 0.3) is 0 Å². The molecule has 2 aromatic rings. The minimum absolute atomic E-state index is 0.192. The molecule has 2 aromatic carbocycles. The number of hydrogen-bond acceptors (Lipinski definition) is 2. The van der Waals surface area contributed by atoms with Gasteiger partial charge < -0.3 is 4.90 Å². The average molecular weight is 425 g/mol. The molecule has 4 rings (SSSR count). The molecule has 30 heavy (non-hydrogen) atoms. The van der Waals surface area contributed by atoms with Crippen LogP contribution in [-0.2, 0) is 6.54 Å². The summed E-state index contributed by atoms with van der Waals surface area (Å²) < 4.78 is 14.4. The molecule has 0 unspecified atom stereocenters. The minimum Gasteiger partial charge on any atom is -0.302 e. The third-order valence-corrected chi connectivity index (χ3v) is 6.60. The van der Waals surface area contributed by atoms with Crippen LogP contribution in [0, 0.1) is 17.7 Å². The van der Waals surface area contributed by atoms with Crippen LogP contribution in [0.5, 0.6) is 0 Å². The molecule has 2 saturated heterocycles. The Morgan fingerprint density at radius 3 is 2.37 bits per heavy atom. The van der Waals surface area contributed by atoms with Crippen molar-refractivity contribution in [2.24, 2.45) is 0 Å². The zero-order valence-corrected chi connectivity index (χ0v) is 18.3. The van der Waals surface area contributed by atoms with Gasteiger partial charge in [-0.1, -0.05) is 41.6 Å². The van der Waals surface area contributed by atoms with Gasteiger partial charge in [-0.2, -0.15) is 0 Å². The standard InChI is InChI=1S/C26H30ClFN2/c27-25-10-8-22(9-11-25)23-12-17-29(18-13-23)14-2-1-5-24-7-6-21(19-26(24)28)20-30-15-3-4-16-30/h6-11,19,23H,2-4,12-18,20H2. The molecule has 2 heterocycles. The van der Waals surface area contributed by atoms with Gasteiger partial charge in [0, 0.05) is 24.5 Å². The van der Waals surface area contributed by atoms with E-state index in [1.54, 1.807) is 6.07 Å². The van der Waals surface area contributed by atoms with Crippen LogP contribution < -0.4 is 0 Å². The summed E-state index contributed by atoms with van der Waals surface area (Å²) in [5, 5.41) is 0.799. The highest BCUT2D eigenvalue weighted by Crippen LogP contribution is 2.28. The molecule has 0 amide bonds. The summed E-state index contributed by atoms with van der Waals surface area (Å²) in [4.78, 5) is 4.85. The van der Waals surface area contributed by atoms with E-state index in [-0.39, 0.29) is 5.82 Å². The van der Waals surface area contributed by atoms with Crippen molar-refractivity contribution in [2.45, 2.75) is 44.6 Å². The van der Waals surface area contributed by atoms with Crippen LogP contribution in [0.1, 0.15) is 54.7 Å². The lowest BCUT2D eigenvalue weighted by molar-refractivity contribution is 0.217. The van der Waals surface area contributed by atoms with E-state index in [0.29, 0.717) is 11.5 Å². The Kier molecular flexibility index (Phi) is 7.44. The number of likely N-dealkylation sites (tertiary alicyclic amines) is 2. The predicted molar refractivity (Wildman–Crippen MR) is 122 cm³/mol. The van der Waals surface area contributed by atoms with Crippen molar-refractivity contribution in [1.82, 2.24) is 9.80 Å². The highest BCUT2D eigenvalue weighted by atomic mass is 35.5. The minimum atomic E-state index is -0.192. The number of nitrogens with zero attached hydrogens (tertiary/aromatic N) is 2. The maximum atomic E-state index is 14.4. The maximum absolute atomic E-state index is 14.4. The fourth-order valence-electron chi connectivity index (χ4n) is 4.55. The van der Waals surface area contributed by atoms with Crippen LogP contribution in [0.4, 0.5) is 4.39 Å². The predicted octanol–water partition coefficient (Wildman–Crippen LogP) is 5.70. The largest absolute Gasteiger partial charge is 0.302 e. The molecule has 0 spiro atoms. The molecule has 0 radical (unpaired) electrons. The second kappa shape index (κ2) is 10.4. The van der Waals surface area contributed by atoms with Gasteiger partial charge in [-0.3, -0.25) is 4.90 Å². The molecule has 2 aliphatic heterocycles. The van der Waals surface area contributed by atoms with Crippen LogP contribution >= 0.6 is 11.6 Å². The topological polar surface area (TPSA) is 6.48 Å². The summed E-state index contributed by atoms with van der Waals surface area (Å²) in [6, 6.07) is 13.8. The Morgan fingerprint density at radius 1 is 0.933 bits per heavy atom. The number of hydrogen-bond donors (Lipinski definition) is 0. The molecule has 2 fully saturated rings. The quantitative estimate of drug-likeness (QED) is 0.568. The second-order valence-corrected chi connectivity index (χ2v) is 8.95. The van der Waals surface area contributed by atoms with Gasteiger partial charge >= 0.3 is 0 Å². The van der Waals surface area contributed by atoms with E-state index in [2.05, 4.69) is 33.8 Å². The van der Waals surface area contributed by atoms with Crippen molar-refractivity contribution in [3.63, 3.8) is 0 Å². The van der Waals surface area contributed by atoms with Gasteiger partial charge in [0.15, 0.2) is 0 Å². The van der Waals surface area contributed by atoms with E-state index in [1.165, 1.54) is 31.2 Å². The van der Waals surface area contributed by atoms with Gasteiger partial charge in [-0.15, -0.1) is 0 Å². The average Bonchev–Trinajstić information content (AvgIpc) is 3.27. The highest BCUT2D eigenvalue weighted by molar-refractivity contribution is 6.30. The number of rotatable bonds is 5. The summed E-state index contributed by atoms with van der Waals surface area (Å²) >= 11 is 5.99. The van der Waals surface area contributed by atoms with Crippen molar-refractivity contribution in [2.75, 3.05) is 32.7 Å². The van der Waals surface area contributed by atoms with Crippen LogP contribution in [-0.4, -0.2) is 42.5 Å². The Morgan fingerprint density at radius 2 is 1.67 bits per heavy atom. The highest BCUT2D eigenvalue weighted by Gasteiger charge is 2.20. The zero-order chi connectivity index (χ0) is 20.8. The molecule has 4 heteroatoms. The molecule has 0 saturated carbocycles. The molecular formula is C26H30ClFN2. The molecule has 158 valence electrons. The van der Waals surface area contributed by atoms with E-state index in [4.69, 9.17) is 11.6 Å². The normalized spacial score (nSPS) is 18.3. The molecule has 2 nitrogen and oxygen atoms in total. The SMILES string of the molecule is Fc1cc(CN2CCCC2)ccc1C#CCCN1CCC(c2ccc(Cl)cc2)CC1. The van der Waals surface area contributed by atoms with Crippen LogP contribution in [0.2, 0.25) is 5.02 Å². The summed E-state index contributed by atoms with van der Waals surface area (Å²) in [5.74, 6) is 6.64. The fraction of sp³-hybridized carbons (Fsp3) is 0.462. The van der Waals surface area contributed by atoms with Crippen molar-refractivity contribution in [1.29, 1.82) is 0 Å². The first-order valence-electron chi connectivity index (χ1n) is 11.1. The molecule has 0 atom stereocenters. The lowest BCUT2D eigenvalue weighted by Gasteiger charge is -2.31. The van der Waals surface area contributed by atoms with E-state index >= 15 is 0 Å².